The zero-order valence-corrected chi connectivity index (χ0v) is 20.6. The number of ether oxygens (including phenoxy) is 2. The second kappa shape index (κ2) is 10.1. The van der Waals surface area contributed by atoms with E-state index in [9.17, 15) is 4.79 Å². The normalized spacial score (nSPS) is 15.5. The lowest BCUT2D eigenvalue weighted by Crippen LogP contribution is -2.39. The molecule has 1 saturated heterocycles. The molecule has 0 saturated carbocycles. The Bertz CT molecular complexity index is 1460. The van der Waals surface area contributed by atoms with E-state index in [-0.39, 0.29) is 25.2 Å². The topological polar surface area (TPSA) is 69.5 Å². The van der Waals surface area contributed by atoms with Crippen LogP contribution in [0.25, 0.3) is 21.3 Å². The van der Waals surface area contributed by atoms with Crippen molar-refractivity contribution in [1.29, 1.82) is 0 Å². The molecular formula is C28H26N4O3S. The SMILES string of the molecule is O=C(Cn1c(COc2ccccc2)nc2ccccc21)N(CC1CCCO1)c1nc2ccccc2s1. The summed E-state index contributed by atoms with van der Waals surface area (Å²) >= 11 is 1.53. The van der Waals surface area contributed by atoms with Gasteiger partial charge in [0.1, 0.15) is 24.7 Å². The van der Waals surface area contributed by atoms with E-state index in [4.69, 9.17) is 19.4 Å². The van der Waals surface area contributed by atoms with Gasteiger partial charge in [-0.2, -0.15) is 0 Å². The molecule has 1 aliphatic heterocycles. The number of benzene rings is 3. The van der Waals surface area contributed by atoms with E-state index in [1.807, 2.05) is 83.4 Å². The fourth-order valence-electron chi connectivity index (χ4n) is 4.55. The van der Waals surface area contributed by atoms with Crippen molar-refractivity contribution in [2.75, 3.05) is 18.1 Å². The Morgan fingerprint density at radius 1 is 1.00 bits per heavy atom. The van der Waals surface area contributed by atoms with Crippen molar-refractivity contribution < 1.29 is 14.3 Å². The highest BCUT2D eigenvalue weighted by molar-refractivity contribution is 7.22. The molecule has 2 aromatic heterocycles. The van der Waals surface area contributed by atoms with Crippen LogP contribution < -0.4 is 9.64 Å². The number of hydrogen-bond acceptors (Lipinski definition) is 6. The average Bonchev–Trinajstić information content (AvgIpc) is 3.65. The highest BCUT2D eigenvalue weighted by Gasteiger charge is 2.27. The van der Waals surface area contributed by atoms with E-state index in [2.05, 4.69) is 0 Å². The van der Waals surface area contributed by atoms with E-state index >= 15 is 0 Å². The molecule has 0 aliphatic carbocycles. The molecule has 0 radical (unpaired) electrons. The Labute approximate surface area is 212 Å². The maximum Gasteiger partial charge on any atom is 0.248 e. The van der Waals surface area contributed by atoms with Crippen LogP contribution >= 0.6 is 11.3 Å². The molecule has 5 aromatic rings. The van der Waals surface area contributed by atoms with Gasteiger partial charge in [-0.1, -0.05) is 53.8 Å². The van der Waals surface area contributed by atoms with Gasteiger partial charge in [-0.3, -0.25) is 9.69 Å². The lowest BCUT2D eigenvalue weighted by Gasteiger charge is -2.24. The lowest BCUT2D eigenvalue weighted by molar-refractivity contribution is -0.119. The largest absolute Gasteiger partial charge is 0.486 e. The molecule has 1 fully saturated rings. The number of hydrogen-bond donors (Lipinski definition) is 0. The van der Waals surface area contributed by atoms with E-state index in [1.54, 1.807) is 4.90 Å². The predicted octanol–water partition coefficient (Wildman–Crippen LogP) is 5.44. The molecule has 36 heavy (non-hydrogen) atoms. The van der Waals surface area contributed by atoms with Crippen molar-refractivity contribution in [2.24, 2.45) is 0 Å². The minimum Gasteiger partial charge on any atom is -0.486 e. The second-order valence-corrected chi connectivity index (χ2v) is 9.82. The number of aromatic nitrogens is 3. The molecule has 0 N–H and O–H groups in total. The van der Waals surface area contributed by atoms with E-state index in [1.165, 1.54) is 11.3 Å². The van der Waals surface area contributed by atoms with Gasteiger partial charge >= 0.3 is 0 Å². The number of imidazole rings is 1. The van der Waals surface area contributed by atoms with Crippen molar-refractivity contribution in [3.63, 3.8) is 0 Å². The summed E-state index contributed by atoms with van der Waals surface area (Å²) in [5.41, 5.74) is 2.63. The van der Waals surface area contributed by atoms with Crippen LogP contribution in [0.3, 0.4) is 0 Å². The number of carbonyl (C=O) groups is 1. The monoisotopic (exact) mass is 498 g/mol. The molecule has 3 aromatic carbocycles. The van der Waals surface area contributed by atoms with Crippen molar-refractivity contribution in [2.45, 2.75) is 32.1 Å². The third-order valence-corrected chi connectivity index (χ3v) is 7.42. The van der Waals surface area contributed by atoms with Crippen LogP contribution in [0, 0.1) is 0 Å². The number of anilines is 1. The number of amides is 1. The molecular weight excluding hydrogens is 472 g/mol. The van der Waals surface area contributed by atoms with Crippen LogP contribution in [-0.4, -0.2) is 39.7 Å². The van der Waals surface area contributed by atoms with Gasteiger partial charge in [0.25, 0.3) is 0 Å². The van der Waals surface area contributed by atoms with E-state index in [0.717, 1.165) is 46.4 Å². The zero-order valence-electron chi connectivity index (χ0n) is 19.7. The van der Waals surface area contributed by atoms with Gasteiger partial charge < -0.3 is 14.0 Å². The molecule has 0 spiro atoms. The van der Waals surface area contributed by atoms with Crippen LogP contribution in [0.15, 0.2) is 78.9 Å². The molecule has 7 nitrogen and oxygen atoms in total. The summed E-state index contributed by atoms with van der Waals surface area (Å²) in [6, 6.07) is 25.5. The minimum absolute atomic E-state index is 0.0152. The first kappa shape index (κ1) is 22.7. The summed E-state index contributed by atoms with van der Waals surface area (Å²) in [4.78, 5) is 25.2. The first-order chi connectivity index (χ1) is 17.7. The summed E-state index contributed by atoms with van der Waals surface area (Å²) in [7, 11) is 0. The minimum atomic E-state index is -0.0475. The fourth-order valence-corrected chi connectivity index (χ4v) is 5.54. The Balaban J connectivity index is 1.32. The number of thiazole rings is 1. The molecule has 8 heteroatoms. The predicted molar refractivity (Wildman–Crippen MR) is 141 cm³/mol. The van der Waals surface area contributed by atoms with Gasteiger partial charge in [0.15, 0.2) is 5.13 Å². The standard InChI is InChI=1S/C28H26N4O3S/c33-27(32(17-21-11-8-16-34-21)28-30-23-13-5-7-15-25(23)36-28)18-31-24-14-6-4-12-22(24)29-26(31)19-35-20-9-2-1-3-10-20/h1-7,9-10,12-15,21H,8,11,16-19H2. The first-order valence-corrected chi connectivity index (χ1v) is 13.0. The van der Waals surface area contributed by atoms with Crippen molar-refractivity contribution in [3.8, 4) is 5.75 Å². The second-order valence-electron chi connectivity index (χ2n) is 8.81. The Hall–Kier alpha value is -3.75. The van der Waals surface area contributed by atoms with E-state index < -0.39 is 0 Å². The average molecular weight is 499 g/mol. The van der Waals surface area contributed by atoms with Gasteiger partial charge in [-0.05, 0) is 49.2 Å². The molecule has 1 aliphatic rings. The third-order valence-electron chi connectivity index (χ3n) is 6.36. The van der Waals surface area contributed by atoms with Crippen LogP contribution in [-0.2, 0) is 22.7 Å². The van der Waals surface area contributed by atoms with Crippen LogP contribution in [0.5, 0.6) is 5.75 Å². The van der Waals surface area contributed by atoms with Gasteiger partial charge in [0.05, 0.1) is 33.9 Å². The van der Waals surface area contributed by atoms with Crippen LogP contribution in [0.4, 0.5) is 5.13 Å². The molecule has 1 amide bonds. The van der Waals surface area contributed by atoms with Crippen molar-refractivity contribution in [1.82, 2.24) is 14.5 Å². The molecule has 1 atom stereocenters. The summed E-state index contributed by atoms with van der Waals surface area (Å²) in [5, 5.41) is 0.697. The quantitative estimate of drug-likeness (QED) is 0.285. The van der Waals surface area contributed by atoms with Gasteiger partial charge in [-0.25, -0.2) is 9.97 Å². The van der Waals surface area contributed by atoms with E-state index in [0.29, 0.717) is 17.5 Å². The number of para-hydroxylation sites is 4. The van der Waals surface area contributed by atoms with Crippen LogP contribution in [0.2, 0.25) is 0 Å². The number of nitrogens with zero attached hydrogens (tertiary/aromatic N) is 4. The van der Waals surface area contributed by atoms with Crippen molar-refractivity contribution in [3.05, 3.63) is 84.7 Å². The Morgan fingerprint density at radius 3 is 2.58 bits per heavy atom. The summed E-state index contributed by atoms with van der Waals surface area (Å²) in [6.45, 7) is 1.62. The number of fused-ring (bicyclic) bond motifs is 2. The first-order valence-electron chi connectivity index (χ1n) is 12.1. The highest BCUT2D eigenvalue weighted by atomic mass is 32.1. The molecule has 182 valence electrons. The van der Waals surface area contributed by atoms with Gasteiger partial charge in [0.2, 0.25) is 5.91 Å². The van der Waals surface area contributed by atoms with Crippen LogP contribution in [0.1, 0.15) is 18.7 Å². The highest BCUT2D eigenvalue weighted by Crippen LogP contribution is 2.30. The molecule has 3 heterocycles. The molecule has 6 rings (SSSR count). The summed E-state index contributed by atoms with van der Waals surface area (Å²) in [6.07, 6.45) is 1.97. The number of rotatable bonds is 8. The molecule has 1 unspecified atom stereocenters. The maximum atomic E-state index is 13.9. The van der Waals surface area contributed by atoms with Gasteiger partial charge in [-0.15, -0.1) is 0 Å². The summed E-state index contributed by atoms with van der Waals surface area (Å²) in [5.74, 6) is 1.42. The Kier molecular flexibility index (Phi) is 6.36. The molecule has 0 bridgehead atoms. The smallest absolute Gasteiger partial charge is 0.248 e. The fraction of sp³-hybridized carbons (Fsp3) is 0.250. The van der Waals surface area contributed by atoms with Crippen molar-refractivity contribution >= 4 is 43.6 Å². The zero-order chi connectivity index (χ0) is 24.3. The summed E-state index contributed by atoms with van der Waals surface area (Å²) < 4.78 is 14.9. The Morgan fingerprint density at radius 2 is 1.78 bits per heavy atom. The maximum absolute atomic E-state index is 13.9. The third kappa shape index (κ3) is 4.69. The number of carbonyl (C=O) groups excluding carboxylic acids is 1. The van der Waals surface area contributed by atoms with Gasteiger partial charge in [0, 0.05) is 6.61 Å². The lowest BCUT2D eigenvalue weighted by atomic mass is 10.2.